The largest absolute Gasteiger partial charge is 0.447 e. The van der Waals surface area contributed by atoms with Crippen molar-refractivity contribution in [1.82, 2.24) is 10.0 Å². The first-order chi connectivity index (χ1) is 9.63. The van der Waals surface area contributed by atoms with E-state index in [4.69, 9.17) is 4.42 Å². The molecule has 2 N–H and O–H groups in total. The summed E-state index contributed by atoms with van der Waals surface area (Å²) in [5.74, 6) is 0.972. The van der Waals surface area contributed by atoms with Gasteiger partial charge in [-0.05, 0) is 35.4 Å². The molecule has 0 aliphatic heterocycles. The first-order valence-corrected chi connectivity index (χ1v) is 8.90. The molecule has 0 amide bonds. The van der Waals surface area contributed by atoms with E-state index < -0.39 is 10.0 Å². The fourth-order valence-corrected chi connectivity index (χ4v) is 3.95. The summed E-state index contributed by atoms with van der Waals surface area (Å²) in [7, 11) is -3.56. The van der Waals surface area contributed by atoms with Crippen molar-refractivity contribution in [2.24, 2.45) is 16.7 Å². The highest BCUT2D eigenvalue weighted by atomic mass is 32.2. The van der Waals surface area contributed by atoms with Gasteiger partial charge in [0.05, 0.1) is 6.54 Å². The highest BCUT2D eigenvalue weighted by Gasteiger charge is 2.64. The average molecular weight is 314 g/mol. The molecule has 21 heavy (non-hydrogen) atoms. The normalized spacial score (nSPS) is 20.6. The van der Waals surface area contributed by atoms with E-state index >= 15 is 0 Å². The van der Waals surface area contributed by atoms with Crippen LogP contribution in [-0.4, -0.2) is 21.5 Å². The molecule has 1 aromatic rings. The van der Waals surface area contributed by atoms with Crippen LogP contribution in [-0.2, 0) is 16.6 Å². The number of rotatable bonds is 7. The summed E-state index contributed by atoms with van der Waals surface area (Å²) in [5.41, 5.74) is 0.323. The lowest BCUT2D eigenvalue weighted by molar-refractivity contribution is 0.400. The van der Waals surface area contributed by atoms with Gasteiger partial charge in [0.1, 0.15) is 5.76 Å². The van der Waals surface area contributed by atoms with Crippen LogP contribution in [0.4, 0.5) is 0 Å². The van der Waals surface area contributed by atoms with Crippen LogP contribution in [0.15, 0.2) is 21.6 Å². The van der Waals surface area contributed by atoms with Gasteiger partial charge in [-0.15, -0.1) is 0 Å². The maximum absolute atomic E-state index is 12.2. The van der Waals surface area contributed by atoms with Crippen LogP contribution in [0, 0.1) is 16.7 Å². The summed E-state index contributed by atoms with van der Waals surface area (Å²) < 4.78 is 32.6. The predicted octanol–water partition coefficient (Wildman–Crippen LogP) is 2.35. The minimum atomic E-state index is -3.56. The Morgan fingerprint density at radius 3 is 2.33 bits per heavy atom. The molecule has 5 nitrogen and oxygen atoms in total. The van der Waals surface area contributed by atoms with Crippen molar-refractivity contribution in [2.75, 3.05) is 13.1 Å². The van der Waals surface area contributed by atoms with Gasteiger partial charge in [0.2, 0.25) is 5.09 Å². The summed E-state index contributed by atoms with van der Waals surface area (Å²) in [6.45, 7) is 12.5. The quantitative estimate of drug-likeness (QED) is 0.810. The van der Waals surface area contributed by atoms with E-state index in [2.05, 4.69) is 37.7 Å². The minimum Gasteiger partial charge on any atom is -0.447 e. The van der Waals surface area contributed by atoms with E-state index in [9.17, 15) is 8.42 Å². The Kier molecular flexibility index (Phi) is 4.26. The van der Waals surface area contributed by atoms with Gasteiger partial charge >= 0.3 is 0 Å². The Labute approximate surface area is 127 Å². The Hall–Kier alpha value is -0.850. The average Bonchev–Trinajstić information content (AvgIpc) is 2.76. The molecule has 1 aliphatic carbocycles. The Morgan fingerprint density at radius 1 is 1.19 bits per heavy atom. The third-order valence-corrected chi connectivity index (χ3v) is 6.54. The third-order valence-electron chi connectivity index (χ3n) is 5.25. The number of hydrogen-bond donors (Lipinski definition) is 2. The SMILES string of the molecule is CCNCc1ccc(S(=O)(=O)NCC2C(C)(C)C2(C)C)o1. The molecule has 1 heterocycles. The Balaban J connectivity index is 1.98. The van der Waals surface area contributed by atoms with Crippen molar-refractivity contribution in [2.45, 2.75) is 46.3 Å². The van der Waals surface area contributed by atoms with Gasteiger partial charge < -0.3 is 9.73 Å². The number of nitrogens with one attached hydrogen (secondary N) is 2. The zero-order valence-electron chi connectivity index (χ0n) is 13.5. The molecule has 0 atom stereocenters. The van der Waals surface area contributed by atoms with Crippen LogP contribution in [0.25, 0.3) is 0 Å². The van der Waals surface area contributed by atoms with E-state index in [0.29, 0.717) is 24.8 Å². The molecular weight excluding hydrogens is 288 g/mol. The lowest BCUT2D eigenvalue weighted by atomic mass is 10.0. The van der Waals surface area contributed by atoms with Crippen molar-refractivity contribution in [3.63, 3.8) is 0 Å². The van der Waals surface area contributed by atoms with E-state index in [1.54, 1.807) is 6.07 Å². The zero-order valence-corrected chi connectivity index (χ0v) is 14.3. The molecule has 1 saturated carbocycles. The number of sulfonamides is 1. The zero-order chi connectivity index (χ0) is 15.9. The maximum atomic E-state index is 12.2. The van der Waals surface area contributed by atoms with Crippen molar-refractivity contribution < 1.29 is 12.8 Å². The van der Waals surface area contributed by atoms with Crippen molar-refractivity contribution in [3.05, 3.63) is 17.9 Å². The van der Waals surface area contributed by atoms with Crippen molar-refractivity contribution >= 4 is 10.0 Å². The molecule has 1 fully saturated rings. The lowest BCUT2D eigenvalue weighted by Crippen LogP contribution is -2.27. The summed E-state index contributed by atoms with van der Waals surface area (Å²) in [6.07, 6.45) is 0. The van der Waals surface area contributed by atoms with Crippen LogP contribution in [0.5, 0.6) is 0 Å². The maximum Gasteiger partial charge on any atom is 0.273 e. The van der Waals surface area contributed by atoms with E-state index in [1.807, 2.05) is 6.92 Å². The van der Waals surface area contributed by atoms with Gasteiger partial charge in [-0.25, -0.2) is 13.1 Å². The number of hydrogen-bond acceptors (Lipinski definition) is 4. The van der Waals surface area contributed by atoms with Gasteiger partial charge in [0, 0.05) is 6.54 Å². The fraction of sp³-hybridized carbons (Fsp3) is 0.733. The Morgan fingerprint density at radius 2 is 1.81 bits per heavy atom. The molecule has 120 valence electrons. The van der Waals surface area contributed by atoms with Crippen molar-refractivity contribution in [3.8, 4) is 0 Å². The molecule has 0 saturated heterocycles. The second kappa shape index (κ2) is 5.41. The van der Waals surface area contributed by atoms with Crippen LogP contribution in [0.3, 0.4) is 0 Å². The molecule has 6 heteroatoms. The standard InChI is InChI=1S/C15H26N2O3S/c1-6-16-9-11-7-8-13(20-11)21(18,19)17-10-12-14(2,3)15(12,4)5/h7-8,12,16-17H,6,9-10H2,1-5H3. The van der Waals surface area contributed by atoms with E-state index in [1.165, 1.54) is 6.07 Å². The summed E-state index contributed by atoms with van der Waals surface area (Å²) in [5, 5.41) is 3.09. The van der Waals surface area contributed by atoms with Crippen molar-refractivity contribution in [1.29, 1.82) is 0 Å². The molecule has 0 spiro atoms. The fourth-order valence-electron chi connectivity index (χ4n) is 2.95. The monoisotopic (exact) mass is 314 g/mol. The first kappa shape index (κ1) is 16.5. The third kappa shape index (κ3) is 3.03. The van der Waals surface area contributed by atoms with Gasteiger partial charge in [0.15, 0.2) is 0 Å². The van der Waals surface area contributed by atoms with E-state index in [-0.39, 0.29) is 15.9 Å². The van der Waals surface area contributed by atoms with E-state index in [0.717, 1.165) is 6.54 Å². The van der Waals surface area contributed by atoms with Crippen LogP contribution >= 0.6 is 0 Å². The predicted molar refractivity (Wildman–Crippen MR) is 82.3 cm³/mol. The molecule has 2 rings (SSSR count). The molecular formula is C15H26N2O3S. The summed E-state index contributed by atoms with van der Waals surface area (Å²) in [4.78, 5) is 0. The van der Waals surface area contributed by atoms with Crippen LogP contribution in [0.2, 0.25) is 0 Å². The highest BCUT2D eigenvalue weighted by Crippen LogP contribution is 2.67. The lowest BCUT2D eigenvalue weighted by Gasteiger charge is -2.05. The van der Waals surface area contributed by atoms with Gasteiger partial charge in [-0.2, -0.15) is 0 Å². The topological polar surface area (TPSA) is 71.3 Å². The van der Waals surface area contributed by atoms with Gasteiger partial charge in [-0.3, -0.25) is 0 Å². The van der Waals surface area contributed by atoms with Gasteiger partial charge in [-0.1, -0.05) is 34.6 Å². The molecule has 0 aromatic carbocycles. The minimum absolute atomic E-state index is 0.00772. The second-order valence-electron chi connectivity index (χ2n) is 6.85. The molecule has 0 bridgehead atoms. The highest BCUT2D eigenvalue weighted by molar-refractivity contribution is 7.89. The van der Waals surface area contributed by atoms with Gasteiger partial charge in [0.25, 0.3) is 10.0 Å². The van der Waals surface area contributed by atoms with Crippen LogP contribution in [0.1, 0.15) is 40.4 Å². The summed E-state index contributed by atoms with van der Waals surface area (Å²) in [6, 6.07) is 3.21. The smallest absolute Gasteiger partial charge is 0.273 e. The van der Waals surface area contributed by atoms with Crippen LogP contribution < -0.4 is 10.0 Å². The first-order valence-electron chi connectivity index (χ1n) is 7.42. The number of furan rings is 1. The summed E-state index contributed by atoms with van der Waals surface area (Å²) >= 11 is 0. The Bertz CT molecular complexity index is 588. The second-order valence-corrected chi connectivity index (χ2v) is 8.55. The molecule has 1 aromatic heterocycles. The molecule has 0 unspecified atom stereocenters. The molecule has 1 aliphatic rings. The molecule has 0 radical (unpaired) electrons.